The molecule has 21 nitrogen and oxygen atoms in total. The molecule has 0 bridgehead atoms. The van der Waals surface area contributed by atoms with Gasteiger partial charge in [-0.25, -0.2) is 4.79 Å². The van der Waals surface area contributed by atoms with Crippen LogP contribution in [0.1, 0.15) is 131 Å². The van der Waals surface area contributed by atoms with Crippen molar-refractivity contribution in [3.8, 4) is 55.6 Å². The van der Waals surface area contributed by atoms with Crippen molar-refractivity contribution in [2.75, 3.05) is 26.0 Å². The molecule has 5 aliphatic heterocycles. The van der Waals surface area contributed by atoms with Gasteiger partial charge in [0.2, 0.25) is 23.6 Å². The molecule has 6 amide bonds. The summed E-state index contributed by atoms with van der Waals surface area (Å²) >= 11 is 0. The highest BCUT2D eigenvalue weighted by molar-refractivity contribution is 5.95. The minimum absolute atomic E-state index is 0.0525. The van der Waals surface area contributed by atoms with Crippen LogP contribution >= 0.6 is 0 Å². The van der Waals surface area contributed by atoms with Gasteiger partial charge in [0.05, 0.1) is 65.9 Å². The van der Waals surface area contributed by atoms with Crippen molar-refractivity contribution in [3.63, 3.8) is 0 Å². The maximum atomic E-state index is 11.8. The number of nitrogens with zero attached hydrogens (tertiary/aromatic N) is 8. The summed E-state index contributed by atoms with van der Waals surface area (Å²) in [6.07, 6.45) is 1.92. The van der Waals surface area contributed by atoms with Crippen molar-refractivity contribution in [2.45, 2.75) is 148 Å². The zero-order valence-corrected chi connectivity index (χ0v) is 57.4. The number of anilines is 1. The molecule has 0 saturated carbocycles. The van der Waals surface area contributed by atoms with Gasteiger partial charge in [0.1, 0.15) is 28.8 Å². The molecule has 0 spiro atoms. The highest BCUT2D eigenvalue weighted by atomic mass is 16.5. The molecule has 3 N–H and O–H groups in total. The first-order valence-electron chi connectivity index (χ1n) is 32.1. The predicted molar refractivity (Wildman–Crippen MR) is 363 cm³/mol. The lowest BCUT2D eigenvalue weighted by Crippen LogP contribution is -2.41. The smallest absolute Gasteiger partial charge is 0.321 e. The number of likely N-dealkylation sites (N-methyl/N-ethyl adjacent to an activating group) is 2. The molecule has 0 fully saturated rings. The van der Waals surface area contributed by atoms with Crippen LogP contribution in [0.15, 0.2) is 101 Å². The van der Waals surface area contributed by atoms with Gasteiger partial charge in [0.15, 0.2) is 0 Å². The normalized spacial score (nSPS) is 15.1. The zero-order chi connectivity index (χ0) is 68.7. The van der Waals surface area contributed by atoms with Crippen molar-refractivity contribution < 1.29 is 46.6 Å². The second-order valence-corrected chi connectivity index (χ2v) is 25.5. The molecular weight excluding hydrogens is 1210 g/mol. The van der Waals surface area contributed by atoms with Crippen LogP contribution in [-0.4, -0.2) is 86.4 Å². The number of nitrogens with one attached hydrogen (secondary N) is 3. The molecule has 5 aliphatic rings. The van der Waals surface area contributed by atoms with Crippen LogP contribution in [0.25, 0.3) is 55.6 Å². The van der Waals surface area contributed by atoms with Crippen LogP contribution in [0.2, 0.25) is 0 Å². The van der Waals surface area contributed by atoms with E-state index in [4.69, 9.17) is 22.6 Å². The first-order chi connectivity index (χ1) is 45.7. The average molecular weight is 1300 g/mol. The molecule has 0 radical (unpaired) electrons. The fourth-order valence-corrected chi connectivity index (χ4v) is 13.6. The summed E-state index contributed by atoms with van der Waals surface area (Å²) in [6.45, 7) is 28.0. The lowest BCUT2D eigenvalue weighted by atomic mass is 9.89. The molecule has 96 heavy (non-hydrogen) atoms. The average Bonchev–Trinajstić information content (AvgIpc) is 1.35. The Bertz CT molecular complexity index is 4610. The van der Waals surface area contributed by atoms with Crippen LogP contribution in [0, 0.1) is 83.1 Å². The molecule has 21 heteroatoms. The minimum Gasteiger partial charge on any atom is -0.361 e. The fourth-order valence-electron chi connectivity index (χ4n) is 13.6. The van der Waals surface area contributed by atoms with E-state index in [1.54, 1.807) is 21.7 Å². The first kappa shape index (κ1) is 66.7. The van der Waals surface area contributed by atoms with E-state index < -0.39 is 0 Å². The number of aryl methyl sites for hydroxylation is 11. The number of amides is 6. The third kappa shape index (κ3) is 13.5. The number of hydrogen-bond donors (Lipinski definition) is 3. The van der Waals surface area contributed by atoms with Crippen molar-refractivity contribution in [2.24, 2.45) is 0 Å². The number of fused-ring (bicyclic) bond motifs is 5. The largest absolute Gasteiger partial charge is 0.361 e. The van der Waals surface area contributed by atoms with Crippen molar-refractivity contribution >= 4 is 35.3 Å². The monoisotopic (exact) mass is 1300 g/mol. The summed E-state index contributed by atoms with van der Waals surface area (Å²) in [5, 5.41) is 28.7. The third-order valence-corrected chi connectivity index (χ3v) is 18.7. The van der Waals surface area contributed by atoms with E-state index in [-0.39, 0.29) is 35.7 Å². The van der Waals surface area contributed by atoms with E-state index in [0.717, 1.165) is 152 Å². The Kier molecular flexibility index (Phi) is 19.0. The summed E-state index contributed by atoms with van der Waals surface area (Å²) in [4.78, 5) is 63.2. The molecule has 10 heterocycles. The maximum Gasteiger partial charge on any atom is 0.321 e. The standard InChI is InChI=1S/C16H18N2O2.3C15H16N2O2.C14H15N3O2/c1-9-13(16-10(2)17-20-11(16)3)6-5-12-7-15(19)18(4)8-14(9)12;1-8-4-11(15-9(2)17-19-10(15)3)5-12-7-16-14(18)6-13(8)12;1-9-15(10(2)19-16-9)12-5-4-11-7-14(18)17(3)8-13(11)6-12;1-8-13-6-12(15-9(2)17-19-10(15)3)5-4-11(13)7-14(18)16-8;1-8-13(9(2)19-16-8)10-4-5-12-11(6-10)7-15-14(18)17(12)3/h5-6H,7-8H2,1-4H3;4-5H,6-7H2,1-3H3,(H,16,18);4-6H,7-8H2,1-3H3;4-6,8H,7H2,1-3H3,(H,16,18);4-6H,7H2,1-3H3,(H,15,18). The quantitative estimate of drug-likeness (QED) is 0.145. The molecule has 5 aromatic heterocycles. The number of aromatic nitrogens is 5. The maximum absolute atomic E-state index is 11.8. The number of hydrogen-bond acceptors (Lipinski definition) is 15. The lowest BCUT2D eigenvalue weighted by Gasteiger charge is -2.27. The molecule has 5 aromatic carbocycles. The molecule has 15 rings (SSSR count). The van der Waals surface area contributed by atoms with E-state index in [0.29, 0.717) is 51.9 Å². The topological polar surface area (TPSA) is 261 Å². The molecule has 10 aromatic rings. The lowest BCUT2D eigenvalue weighted by molar-refractivity contribution is -0.131. The van der Waals surface area contributed by atoms with Crippen molar-refractivity contribution in [1.82, 2.24) is 51.5 Å². The molecule has 0 saturated heterocycles. The number of carbonyl (C=O) groups excluding carboxylic acids is 5. The highest BCUT2D eigenvalue weighted by Gasteiger charge is 2.28. The summed E-state index contributed by atoms with van der Waals surface area (Å²) in [6, 6.07) is 26.9. The Morgan fingerprint density at radius 3 is 1.43 bits per heavy atom. The van der Waals surface area contributed by atoms with Gasteiger partial charge in [-0.3, -0.25) is 24.1 Å². The Morgan fingerprint density at radius 2 is 0.875 bits per heavy atom. The van der Waals surface area contributed by atoms with E-state index in [9.17, 15) is 24.0 Å². The Balaban J connectivity index is 0.000000122. The van der Waals surface area contributed by atoms with Gasteiger partial charge in [-0.1, -0.05) is 74.3 Å². The van der Waals surface area contributed by atoms with Crippen molar-refractivity contribution in [3.05, 3.63) is 197 Å². The van der Waals surface area contributed by atoms with E-state index in [1.165, 1.54) is 27.8 Å². The molecular formula is C75H81N11O10. The third-order valence-electron chi connectivity index (χ3n) is 18.7. The van der Waals surface area contributed by atoms with Gasteiger partial charge in [0, 0.05) is 75.1 Å². The van der Waals surface area contributed by atoms with Gasteiger partial charge in [0.25, 0.3) is 0 Å². The zero-order valence-electron chi connectivity index (χ0n) is 57.4. The number of rotatable bonds is 5. The SMILES string of the molecule is Cc1cc(-c2c(C)noc2C)cc2c1CC(=O)NC2.Cc1noc(C)c1-c1ccc2c(c1)C(C)NC(=O)C2.Cc1noc(C)c1-c1ccc2c(c1)CN(C)C(=O)C2.Cc1noc(C)c1-c1ccc2c(c1)CNC(=O)N2C.Cc1noc(C)c1-c1ccc2c(c1C)CN(C)C(=O)C2. The van der Waals surface area contributed by atoms with Crippen LogP contribution in [0.5, 0.6) is 0 Å². The van der Waals surface area contributed by atoms with E-state index >= 15 is 0 Å². The van der Waals surface area contributed by atoms with Gasteiger partial charge in [-0.2, -0.15) is 0 Å². The van der Waals surface area contributed by atoms with Gasteiger partial charge in [-0.05, 0) is 209 Å². The number of urea groups is 1. The van der Waals surface area contributed by atoms with Crippen LogP contribution in [-0.2, 0) is 71.0 Å². The second kappa shape index (κ2) is 27.3. The Morgan fingerprint density at radius 1 is 0.417 bits per heavy atom. The molecule has 1 atom stereocenters. The van der Waals surface area contributed by atoms with Crippen LogP contribution in [0.3, 0.4) is 0 Å². The molecule has 496 valence electrons. The predicted octanol–water partition coefficient (Wildman–Crippen LogP) is 13.0. The summed E-state index contributed by atoms with van der Waals surface area (Å²) in [7, 11) is 5.46. The van der Waals surface area contributed by atoms with Crippen LogP contribution < -0.4 is 20.9 Å². The van der Waals surface area contributed by atoms with Crippen LogP contribution in [0.4, 0.5) is 10.5 Å². The number of carbonyl (C=O) groups is 5. The van der Waals surface area contributed by atoms with E-state index in [2.05, 4.69) is 98.0 Å². The summed E-state index contributed by atoms with van der Waals surface area (Å²) < 4.78 is 26.1. The molecule has 0 aliphatic carbocycles. The molecule has 1 unspecified atom stereocenters. The fraction of sp³-hybridized carbons (Fsp3) is 0.333. The second-order valence-electron chi connectivity index (χ2n) is 25.5. The summed E-state index contributed by atoms with van der Waals surface area (Å²) in [5.41, 5.74) is 29.1. The highest BCUT2D eigenvalue weighted by Crippen LogP contribution is 2.38. The summed E-state index contributed by atoms with van der Waals surface area (Å²) in [5.74, 6) is 4.68. The van der Waals surface area contributed by atoms with Gasteiger partial charge in [-0.15, -0.1) is 0 Å². The van der Waals surface area contributed by atoms with Crippen molar-refractivity contribution in [1.29, 1.82) is 0 Å². The van der Waals surface area contributed by atoms with Gasteiger partial charge < -0.3 is 48.4 Å². The first-order valence-corrected chi connectivity index (χ1v) is 32.1. The number of benzene rings is 5. The minimum atomic E-state index is -0.0717. The van der Waals surface area contributed by atoms with E-state index in [1.807, 2.05) is 127 Å². The van der Waals surface area contributed by atoms with Gasteiger partial charge >= 0.3 is 6.03 Å². The Labute approximate surface area is 557 Å². The Hall–Kier alpha value is -10.7.